The Hall–Kier alpha value is -2.34. The van der Waals surface area contributed by atoms with Crippen LogP contribution >= 0.6 is 0 Å². The topological polar surface area (TPSA) is 47.1 Å². The Kier molecular flexibility index (Phi) is 7.69. The van der Waals surface area contributed by atoms with E-state index in [4.69, 9.17) is 0 Å². The van der Waals surface area contributed by atoms with Crippen molar-refractivity contribution in [3.8, 4) is 0 Å². The predicted octanol–water partition coefficient (Wildman–Crippen LogP) is 2.31. The summed E-state index contributed by atoms with van der Waals surface area (Å²) in [6, 6.07) is 8.51. The molecule has 2 amide bonds. The molecule has 0 bridgehead atoms. The highest BCUT2D eigenvalue weighted by atomic mass is 16.2. The second-order valence-corrected chi connectivity index (χ2v) is 8.22. The Bertz CT molecular complexity index is 698. The maximum absolute atomic E-state index is 12.5. The Morgan fingerprint density at radius 3 is 2.10 bits per heavy atom. The second kappa shape index (κ2) is 10.4. The molecule has 2 fully saturated rings. The molecule has 0 aliphatic carbocycles. The smallest absolute Gasteiger partial charge is 0.246 e. The van der Waals surface area contributed by atoms with Crippen molar-refractivity contribution in [3.63, 3.8) is 0 Å². The lowest BCUT2D eigenvalue weighted by Crippen LogP contribution is -2.50. The highest BCUT2D eigenvalue weighted by Crippen LogP contribution is 2.20. The van der Waals surface area contributed by atoms with Crippen molar-refractivity contribution in [2.45, 2.75) is 25.7 Å². The van der Waals surface area contributed by atoms with E-state index in [1.807, 2.05) is 11.0 Å². The zero-order chi connectivity index (χ0) is 20.6. The fraction of sp³-hybridized carbons (Fsp3) is 0.565. The van der Waals surface area contributed by atoms with Gasteiger partial charge in [0.15, 0.2) is 0 Å². The zero-order valence-electron chi connectivity index (χ0n) is 17.8. The van der Waals surface area contributed by atoms with Gasteiger partial charge >= 0.3 is 0 Å². The van der Waals surface area contributed by atoms with E-state index in [1.54, 1.807) is 25.1 Å². The molecule has 29 heavy (non-hydrogen) atoms. The van der Waals surface area contributed by atoms with Crippen molar-refractivity contribution in [1.29, 1.82) is 0 Å². The molecule has 0 radical (unpaired) electrons. The molecule has 2 aliphatic heterocycles. The van der Waals surface area contributed by atoms with Gasteiger partial charge in [-0.3, -0.25) is 14.5 Å². The first-order valence-electron chi connectivity index (χ1n) is 10.8. The molecule has 2 aliphatic rings. The molecule has 1 aromatic carbocycles. The van der Waals surface area contributed by atoms with Crippen LogP contribution in [0.5, 0.6) is 0 Å². The lowest BCUT2D eigenvalue weighted by atomic mass is 10.1. The van der Waals surface area contributed by atoms with Crippen LogP contribution in [0, 0.1) is 0 Å². The molecule has 1 aromatic rings. The minimum atomic E-state index is 0.0418. The van der Waals surface area contributed by atoms with E-state index < -0.39 is 0 Å². The van der Waals surface area contributed by atoms with Crippen LogP contribution in [-0.2, 0) is 9.59 Å². The van der Waals surface area contributed by atoms with Gasteiger partial charge in [0.25, 0.3) is 0 Å². The number of carbonyl (C=O) groups is 2. The van der Waals surface area contributed by atoms with Crippen LogP contribution < -0.4 is 4.90 Å². The van der Waals surface area contributed by atoms with Crippen LogP contribution in [0.1, 0.15) is 31.2 Å². The number of amides is 2. The lowest BCUT2D eigenvalue weighted by Gasteiger charge is -2.34. The van der Waals surface area contributed by atoms with Crippen LogP contribution in [0.4, 0.5) is 5.69 Å². The van der Waals surface area contributed by atoms with Gasteiger partial charge < -0.3 is 14.7 Å². The summed E-state index contributed by atoms with van der Waals surface area (Å²) in [4.78, 5) is 32.4. The first kappa shape index (κ1) is 21.4. The summed E-state index contributed by atoms with van der Waals surface area (Å²) in [6.45, 7) is 5.51. The molecular formula is C23H34N4O2. The third kappa shape index (κ3) is 6.32. The lowest BCUT2D eigenvalue weighted by molar-refractivity contribution is -0.131. The zero-order valence-corrected chi connectivity index (χ0v) is 17.8. The monoisotopic (exact) mass is 398 g/mol. The van der Waals surface area contributed by atoms with Crippen molar-refractivity contribution in [2.24, 2.45) is 0 Å². The van der Waals surface area contributed by atoms with Gasteiger partial charge in [0.2, 0.25) is 11.8 Å². The number of rotatable bonds is 5. The number of anilines is 1. The van der Waals surface area contributed by atoms with Gasteiger partial charge in [0.05, 0.1) is 6.54 Å². The largest absolute Gasteiger partial charge is 0.372 e. The van der Waals surface area contributed by atoms with E-state index in [0.717, 1.165) is 31.7 Å². The number of nitrogens with zero attached hydrogens (tertiary/aromatic N) is 4. The summed E-state index contributed by atoms with van der Waals surface area (Å²) < 4.78 is 0. The highest BCUT2D eigenvalue weighted by Gasteiger charge is 2.21. The maximum atomic E-state index is 12.5. The normalized spacial score (nSPS) is 18.7. The fourth-order valence-corrected chi connectivity index (χ4v) is 3.86. The van der Waals surface area contributed by atoms with Crippen LogP contribution in [0.2, 0.25) is 0 Å². The summed E-state index contributed by atoms with van der Waals surface area (Å²) in [7, 11) is 3.54. The van der Waals surface area contributed by atoms with Crippen LogP contribution in [-0.4, -0.2) is 86.4 Å². The molecule has 6 nitrogen and oxygen atoms in total. The number of likely N-dealkylation sites (N-methyl/N-ethyl adjacent to an activating group) is 1. The molecule has 2 heterocycles. The summed E-state index contributed by atoms with van der Waals surface area (Å²) >= 11 is 0. The van der Waals surface area contributed by atoms with E-state index in [0.29, 0.717) is 19.6 Å². The average molecular weight is 399 g/mol. The van der Waals surface area contributed by atoms with E-state index in [9.17, 15) is 9.59 Å². The minimum absolute atomic E-state index is 0.0418. The molecule has 0 N–H and O–H groups in total. The quantitative estimate of drug-likeness (QED) is 0.714. The Labute approximate surface area is 174 Å². The molecule has 0 unspecified atom stereocenters. The molecular weight excluding hydrogens is 364 g/mol. The van der Waals surface area contributed by atoms with Crippen LogP contribution in [0.15, 0.2) is 30.3 Å². The third-order valence-corrected chi connectivity index (χ3v) is 5.82. The fourth-order valence-electron chi connectivity index (χ4n) is 3.86. The Morgan fingerprint density at radius 2 is 1.52 bits per heavy atom. The highest BCUT2D eigenvalue weighted by molar-refractivity contribution is 5.92. The standard InChI is InChI=1S/C23H34N4O2/c1-24(2)23(29)19-25-15-17-27(18-16-25)22(28)12-9-20-7-10-21(11-8-20)26-13-5-3-4-6-14-26/h7-12H,3-6,13-19H2,1-2H3/b12-9+. The van der Waals surface area contributed by atoms with Crippen LogP contribution in [0.3, 0.4) is 0 Å². The molecule has 2 saturated heterocycles. The summed E-state index contributed by atoms with van der Waals surface area (Å²) in [5, 5.41) is 0. The predicted molar refractivity (Wildman–Crippen MR) is 118 cm³/mol. The summed E-state index contributed by atoms with van der Waals surface area (Å²) in [6.07, 6.45) is 8.77. The molecule has 3 rings (SSSR count). The van der Waals surface area contributed by atoms with Crippen molar-refractivity contribution in [2.75, 3.05) is 64.8 Å². The van der Waals surface area contributed by atoms with Crippen molar-refractivity contribution < 1.29 is 9.59 Å². The molecule has 0 spiro atoms. The maximum Gasteiger partial charge on any atom is 0.246 e. The SMILES string of the molecule is CN(C)C(=O)CN1CCN(C(=O)/C=C/c2ccc(N3CCCCCC3)cc2)CC1. The second-order valence-electron chi connectivity index (χ2n) is 8.22. The van der Waals surface area contributed by atoms with Gasteiger partial charge in [0.1, 0.15) is 0 Å². The minimum Gasteiger partial charge on any atom is -0.372 e. The molecule has 0 aromatic heterocycles. The Morgan fingerprint density at radius 1 is 0.897 bits per heavy atom. The molecule has 0 saturated carbocycles. The van der Waals surface area contributed by atoms with Gasteiger partial charge in [-0.1, -0.05) is 25.0 Å². The van der Waals surface area contributed by atoms with Gasteiger partial charge in [0, 0.05) is 65.1 Å². The number of hydrogen-bond acceptors (Lipinski definition) is 4. The van der Waals surface area contributed by atoms with E-state index in [2.05, 4.69) is 34.1 Å². The number of carbonyl (C=O) groups excluding carboxylic acids is 2. The van der Waals surface area contributed by atoms with Crippen molar-refractivity contribution in [1.82, 2.24) is 14.7 Å². The Balaban J connectivity index is 1.47. The molecule has 0 atom stereocenters. The first-order chi connectivity index (χ1) is 14.0. The van der Waals surface area contributed by atoms with Crippen molar-refractivity contribution in [3.05, 3.63) is 35.9 Å². The van der Waals surface area contributed by atoms with Crippen molar-refractivity contribution >= 4 is 23.6 Å². The van der Waals surface area contributed by atoms with Gasteiger partial charge in [-0.15, -0.1) is 0 Å². The van der Waals surface area contributed by atoms with E-state index >= 15 is 0 Å². The molecule has 6 heteroatoms. The summed E-state index contributed by atoms with van der Waals surface area (Å²) in [5.74, 6) is 0.147. The van der Waals surface area contributed by atoms with Gasteiger partial charge in [-0.05, 0) is 36.6 Å². The summed E-state index contributed by atoms with van der Waals surface area (Å²) in [5.41, 5.74) is 2.32. The number of benzene rings is 1. The third-order valence-electron chi connectivity index (χ3n) is 5.82. The number of piperazine rings is 1. The van der Waals surface area contributed by atoms with Gasteiger partial charge in [-0.2, -0.15) is 0 Å². The molecule has 158 valence electrons. The average Bonchev–Trinajstić information content (AvgIpc) is 3.02. The first-order valence-corrected chi connectivity index (χ1v) is 10.8. The van der Waals surface area contributed by atoms with Crippen LogP contribution in [0.25, 0.3) is 6.08 Å². The number of hydrogen-bond donors (Lipinski definition) is 0. The van der Waals surface area contributed by atoms with E-state index in [1.165, 1.54) is 31.4 Å². The van der Waals surface area contributed by atoms with E-state index in [-0.39, 0.29) is 11.8 Å². The van der Waals surface area contributed by atoms with Gasteiger partial charge in [-0.25, -0.2) is 0 Å².